The normalized spacial score (nSPS) is 26.1. The summed E-state index contributed by atoms with van der Waals surface area (Å²) in [4.78, 5) is 5.03. The van der Waals surface area contributed by atoms with E-state index < -0.39 is 0 Å². The summed E-state index contributed by atoms with van der Waals surface area (Å²) in [6.07, 6.45) is 1.22. The molecule has 2 atom stereocenters. The van der Waals surface area contributed by atoms with Crippen molar-refractivity contribution in [1.82, 2.24) is 9.80 Å². The first-order chi connectivity index (χ1) is 7.81. The standard InChI is InChI=1S/C14H31N3/c1-12-10-16(5)6-7-17(12)11-13(9-15)8-14(2,3)4/h12-13H,6-11,15H2,1-5H3. The predicted octanol–water partition coefficient (Wildman–Crippen LogP) is 1.63. The largest absolute Gasteiger partial charge is 0.330 e. The van der Waals surface area contributed by atoms with E-state index >= 15 is 0 Å². The first-order valence-corrected chi connectivity index (χ1v) is 6.94. The van der Waals surface area contributed by atoms with Crippen molar-refractivity contribution in [2.75, 3.05) is 39.8 Å². The van der Waals surface area contributed by atoms with Crippen LogP contribution < -0.4 is 5.73 Å². The molecule has 1 aliphatic rings. The molecule has 3 heteroatoms. The van der Waals surface area contributed by atoms with Gasteiger partial charge in [0, 0.05) is 32.2 Å². The van der Waals surface area contributed by atoms with Gasteiger partial charge in [-0.1, -0.05) is 20.8 Å². The first kappa shape index (κ1) is 14.9. The molecule has 102 valence electrons. The van der Waals surface area contributed by atoms with Crippen molar-refractivity contribution in [3.05, 3.63) is 0 Å². The molecule has 0 amide bonds. The molecule has 1 saturated heterocycles. The van der Waals surface area contributed by atoms with Crippen molar-refractivity contribution in [3.63, 3.8) is 0 Å². The minimum atomic E-state index is 0.389. The second-order valence-electron chi connectivity index (χ2n) is 6.97. The van der Waals surface area contributed by atoms with Crippen LogP contribution in [-0.4, -0.2) is 55.6 Å². The number of rotatable bonds is 4. The van der Waals surface area contributed by atoms with Gasteiger partial charge in [0.15, 0.2) is 0 Å². The Bertz CT molecular complexity index is 222. The molecule has 0 aromatic rings. The molecule has 0 spiro atoms. The van der Waals surface area contributed by atoms with Gasteiger partial charge in [0.2, 0.25) is 0 Å². The van der Waals surface area contributed by atoms with Crippen LogP contribution in [0.2, 0.25) is 0 Å². The topological polar surface area (TPSA) is 32.5 Å². The summed E-state index contributed by atoms with van der Waals surface area (Å²) in [6, 6.07) is 0.669. The number of hydrogen-bond acceptors (Lipinski definition) is 3. The van der Waals surface area contributed by atoms with E-state index in [-0.39, 0.29) is 0 Å². The molecule has 2 unspecified atom stereocenters. The fourth-order valence-electron chi connectivity index (χ4n) is 2.87. The minimum Gasteiger partial charge on any atom is -0.330 e. The van der Waals surface area contributed by atoms with Crippen LogP contribution in [0.4, 0.5) is 0 Å². The van der Waals surface area contributed by atoms with Crippen molar-refractivity contribution in [2.45, 2.75) is 40.2 Å². The molecule has 0 aromatic heterocycles. The molecule has 3 nitrogen and oxygen atoms in total. The Labute approximate surface area is 107 Å². The van der Waals surface area contributed by atoms with Crippen LogP contribution in [-0.2, 0) is 0 Å². The molecule has 1 rings (SSSR count). The molecule has 0 aliphatic carbocycles. The Kier molecular flexibility index (Phi) is 5.42. The molecule has 0 aromatic carbocycles. The van der Waals surface area contributed by atoms with Crippen molar-refractivity contribution in [2.24, 2.45) is 17.1 Å². The molecule has 1 fully saturated rings. The summed E-state index contributed by atoms with van der Waals surface area (Å²) in [6.45, 7) is 14.8. The van der Waals surface area contributed by atoms with E-state index in [2.05, 4.69) is 44.5 Å². The van der Waals surface area contributed by atoms with Crippen molar-refractivity contribution >= 4 is 0 Å². The second-order valence-corrected chi connectivity index (χ2v) is 6.97. The van der Waals surface area contributed by atoms with Crippen LogP contribution >= 0.6 is 0 Å². The van der Waals surface area contributed by atoms with Crippen LogP contribution in [0, 0.1) is 11.3 Å². The highest BCUT2D eigenvalue weighted by Gasteiger charge is 2.25. The highest BCUT2D eigenvalue weighted by Crippen LogP contribution is 2.25. The molecule has 0 saturated carbocycles. The average molecular weight is 241 g/mol. The summed E-state index contributed by atoms with van der Waals surface area (Å²) in [5, 5.41) is 0. The third-order valence-corrected chi connectivity index (χ3v) is 3.70. The highest BCUT2D eigenvalue weighted by molar-refractivity contribution is 4.81. The van der Waals surface area contributed by atoms with Gasteiger partial charge in [0.1, 0.15) is 0 Å². The van der Waals surface area contributed by atoms with Gasteiger partial charge in [-0.15, -0.1) is 0 Å². The lowest BCUT2D eigenvalue weighted by atomic mass is 9.84. The van der Waals surface area contributed by atoms with E-state index in [9.17, 15) is 0 Å². The van der Waals surface area contributed by atoms with Gasteiger partial charge in [-0.2, -0.15) is 0 Å². The lowest BCUT2D eigenvalue weighted by Crippen LogP contribution is -2.52. The molecular weight excluding hydrogens is 210 g/mol. The molecule has 0 bridgehead atoms. The van der Waals surface area contributed by atoms with Crippen LogP contribution in [0.3, 0.4) is 0 Å². The van der Waals surface area contributed by atoms with Crippen LogP contribution in [0.15, 0.2) is 0 Å². The van der Waals surface area contributed by atoms with E-state index in [4.69, 9.17) is 5.73 Å². The lowest BCUT2D eigenvalue weighted by Gasteiger charge is -2.40. The lowest BCUT2D eigenvalue weighted by molar-refractivity contribution is 0.0783. The van der Waals surface area contributed by atoms with Crippen molar-refractivity contribution in [1.29, 1.82) is 0 Å². The van der Waals surface area contributed by atoms with Crippen LogP contribution in [0.5, 0.6) is 0 Å². The fraction of sp³-hybridized carbons (Fsp3) is 1.00. The molecule has 1 aliphatic heterocycles. The van der Waals surface area contributed by atoms with E-state index in [0.29, 0.717) is 17.4 Å². The van der Waals surface area contributed by atoms with Gasteiger partial charge in [-0.3, -0.25) is 4.90 Å². The quantitative estimate of drug-likeness (QED) is 0.812. The SMILES string of the molecule is CC1CN(C)CCN1CC(CN)CC(C)(C)C. The number of piperazine rings is 1. The third kappa shape index (κ3) is 5.36. The monoisotopic (exact) mass is 241 g/mol. The van der Waals surface area contributed by atoms with Crippen LogP contribution in [0.25, 0.3) is 0 Å². The maximum Gasteiger partial charge on any atom is 0.0195 e. The zero-order valence-corrected chi connectivity index (χ0v) is 12.4. The summed E-state index contributed by atoms with van der Waals surface area (Å²) in [7, 11) is 2.21. The summed E-state index contributed by atoms with van der Waals surface area (Å²) >= 11 is 0. The Morgan fingerprint density at radius 2 is 1.94 bits per heavy atom. The first-order valence-electron chi connectivity index (χ1n) is 6.94. The Hall–Kier alpha value is -0.120. The van der Waals surface area contributed by atoms with Gasteiger partial charge in [0.05, 0.1) is 0 Å². The number of hydrogen-bond donors (Lipinski definition) is 1. The molecule has 0 radical (unpaired) electrons. The predicted molar refractivity (Wildman–Crippen MR) is 75.1 cm³/mol. The molecule has 2 N–H and O–H groups in total. The number of nitrogens with two attached hydrogens (primary N) is 1. The number of likely N-dealkylation sites (N-methyl/N-ethyl adjacent to an activating group) is 1. The molecule has 17 heavy (non-hydrogen) atoms. The smallest absolute Gasteiger partial charge is 0.0195 e. The van der Waals surface area contributed by atoms with Crippen molar-refractivity contribution in [3.8, 4) is 0 Å². The van der Waals surface area contributed by atoms with Gasteiger partial charge < -0.3 is 10.6 Å². The maximum atomic E-state index is 5.93. The highest BCUT2D eigenvalue weighted by atomic mass is 15.3. The van der Waals surface area contributed by atoms with Gasteiger partial charge in [-0.05, 0) is 38.3 Å². The van der Waals surface area contributed by atoms with E-state index in [0.717, 1.165) is 6.54 Å². The zero-order chi connectivity index (χ0) is 13.1. The van der Waals surface area contributed by atoms with E-state index in [1.165, 1.54) is 32.6 Å². The summed E-state index contributed by atoms with van der Waals surface area (Å²) < 4.78 is 0. The van der Waals surface area contributed by atoms with E-state index in [1.807, 2.05) is 0 Å². The third-order valence-electron chi connectivity index (χ3n) is 3.70. The van der Waals surface area contributed by atoms with E-state index in [1.54, 1.807) is 0 Å². The van der Waals surface area contributed by atoms with Gasteiger partial charge >= 0.3 is 0 Å². The summed E-state index contributed by atoms with van der Waals surface area (Å²) in [5.41, 5.74) is 6.32. The average Bonchev–Trinajstić information content (AvgIpc) is 2.19. The Morgan fingerprint density at radius 1 is 1.29 bits per heavy atom. The summed E-state index contributed by atoms with van der Waals surface area (Å²) in [5.74, 6) is 0.640. The zero-order valence-electron chi connectivity index (χ0n) is 12.4. The van der Waals surface area contributed by atoms with Gasteiger partial charge in [-0.25, -0.2) is 0 Å². The molecular formula is C14H31N3. The van der Waals surface area contributed by atoms with Crippen LogP contribution in [0.1, 0.15) is 34.1 Å². The Balaban J connectivity index is 2.45. The molecule has 1 heterocycles. The second kappa shape index (κ2) is 6.17. The van der Waals surface area contributed by atoms with Gasteiger partial charge in [0.25, 0.3) is 0 Å². The maximum absolute atomic E-state index is 5.93. The fourth-order valence-corrected chi connectivity index (χ4v) is 2.87. The Morgan fingerprint density at radius 3 is 2.41 bits per heavy atom. The van der Waals surface area contributed by atoms with Crippen molar-refractivity contribution < 1.29 is 0 Å². The minimum absolute atomic E-state index is 0.389. The number of nitrogens with zero attached hydrogens (tertiary/aromatic N) is 2.